The van der Waals surface area contributed by atoms with E-state index in [2.05, 4.69) is 10.6 Å². The van der Waals surface area contributed by atoms with E-state index in [1.54, 1.807) is 12.1 Å². The summed E-state index contributed by atoms with van der Waals surface area (Å²) in [6, 6.07) is 22.4. The van der Waals surface area contributed by atoms with Crippen molar-refractivity contribution in [3.63, 3.8) is 0 Å². The van der Waals surface area contributed by atoms with Crippen LogP contribution in [0.2, 0.25) is 0 Å². The SMILES string of the molecule is OCc1cc(C(O)CNCCc2ccc(NC[C@H](O)c3ccccc3)cc2)ccc1O. The summed E-state index contributed by atoms with van der Waals surface area (Å²) in [5.74, 6) is 0.0268. The summed E-state index contributed by atoms with van der Waals surface area (Å²) < 4.78 is 0. The second kappa shape index (κ2) is 11.5. The third kappa shape index (κ3) is 6.80. The Morgan fingerprint density at radius 3 is 2.19 bits per heavy atom. The number of rotatable bonds is 11. The van der Waals surface area contributed by atoms with Crippen LogP contribution in [0.5, 0.6) is 5.75 Å². The monoisotopic (exact) mass is 422 g/mol. The molecule has 2 atom stereocenters. The van der Waals surface area contributed by atoms with Crippen molar-refractivity contribution in [3.05, 3.63) is 95.1 Å². The van der Waals surface area contributed by atoms with Crippen LogP contribution in [-0.4, -0.2) is 40.1 Å². The van der Waals surface area contributed by atoms with Crippen molar-refractivity contribution in [2.75, 3.05) is 25.0 Å². The molecule has 0 bridgehead atoms. The Hall–Kier alpha value is -2.90. The zero-order chi connectivity index (χ0) is 22.1. The normalized spacial score (nSPS) is 13.0. The fourth-order valence-electron chi connectivity index (χ4n) is 3.33. The van der Waals surface area contributed by atoms with Crippen LogP contribution in [0.25, 0.3) is 0 Å². The van der Waals surface area contributed by atoms with Gasteiger partial charge in [0.05, 0.1) is 18.8 Å². The number of aliphatic hydroxyl groups excluding tert-OH is 3. The van der Waals surface area contributed by atoms with Crippen molar-refractivity contribution in [2.24, 2.45) is 0 Å². The van der Waals surface area contributed by atoms with Crippen molar-refractivity contribution >= 4 is 5.69 Å². The summed E-state index contributed by atoms with van der Waals surface area (Å²) in [5, 5.41) is 45.9. The molecule has 1 unspecified atom stereocenters. The molecule has 0 aliphatic rings. The zero-order valence-electron chi connectivity index (χ0n) is 17.4. The van der Waals surface area contributed by atoms with E-state index in [0.717, 1.165) is 17.7 Å². The molecule has 3 aromatic carbocycles. The number of nitrogens with one attached hydrogen (secondary N) is 2. The summed E-state index contributed by atoms with van der Waals surface area (Å²) in [6.07, 6.45) is -0.455. The van der Waals surface area contributed by atoms with Crippen molar-refractivity contribution < 1.29 is 20.4 Å². The number of anilines is 1. The van der Waals surface area contributed by atoms with E-state index in [4.69, 9.17) is 0 Å². The standard InChI is InChI=1S/C25H30N2O4/c28-17-21-14-20(8-11-23(21)29)24(30)15-26-13-12-18-6-9-22(10-7-18)27-16-25(31)19-4-2-1-3-5-19/h1-11,14,24-31H,12-13,15-17H2/t24?,25-/m0/s1. The van der Waals surface area contributed by atoms with Crippen LogP contribution in [0, 0.1) is 0 Å². The number of phenols is 1. The predicted molar refractivity (Wildman–Crippen MR) is 122 cm³/mol. The molecule has 0 heterocycles. The van der Waals surface area contributed by atoms with Gasteiger partial charge in [0.2, 0.25) is 0 Å². The van der Waals surface area contributed by atoms with Crippen LogP contribution in [0.3, 0.4) is 0 Å². The largest absolute Gasteiger partial charge is 0.508 e. The Kier molecular flexibility index (Phi) is 8.44. The molecule has 0 saturated heterocycles. The molecule has 0 saturated carbocycles. The average Bonchev–Trinajstić information content (AvgIpc) is 2.81. The first-order chi connectivity index (χ1) is 15.1. The van der Waals surface area contributed by atoms with Crippen molar-refractivity contribution in [1.29, 1.82) is 0 Å². The second-order valence-corrected chi connectivity index (χ2v) is 7.52. The molecule has 6 N–H and O–H groups in total. The highest BCUT2D eigenvalue weighted by molar-refractivity contribution is 5.45. The molecule has 6 heteroatoms. The van der Waals surface area contributed by atoms with E-state index in [9.17, 15) is 20.4 Å². The summed E-state index contributed by atoms with van der Waals surface area (Å²) in [7, 11) is 0. The summed E-state index contributed by atoms with van der Waals surface area (Å²) >= 11 is 0. The van der Waals surface area contributed by atoms with E-state index in [1.165, 1.54) is 11.6 Å². The molecule has 3 rings (SSSR count). The second-order valence-electron chi connectivity index (χ2n) is 7.52. The maximum Gasteiger partial charge on any atom is 0.121 e. The van der Waals surface area contributed by atoms with E-state index in [0.29, 0.717) is 30.8 Å². The van der Waals surface area contributed by atoms with Crippen LogP contribution >= 0.6 is 0 Å². The predicted octanol–water partition coefficient (Wildman–Crippen LogP) is 2.90. The zero-order valence-corrected chi connectivity index (χ0v) is 17.4. The fourth-order valence-corrected chi connectivity index (χ4v) is 3.33. The molecular weight excluding hydrogens is 392 g/mol. The van der Waals surface area contributed by atoms with E-state index >= 15 is 0 Å². The molecule has 0 aliphatic carbocycles. The lowest BCUT2D eigenvalue weighted by Gasteiger charge is -2.14. The van der Waals surface area contributed by atoms with Gasteiger partial charge in [-0.25, -0.2) is 0 Å². The third-order valence-electron chi connectivity index (χ3n) is 5.22. The van der Waals surface area contributed by atoms with Gasteiger partial charge in [0, 0.05) is 24.3 Å². The van der Waals surface area contributed by atoms with E-state index in [-0.39, 0.29) is 12.4 Å². The Bertz CT molecular complexity index is 932. The molecule has 6 nitrogen and oxygen atoms in total. The molecule has 164 valence electrons. The molecule has 3 aromatic rings. The highest BCUT2D eigenvalue weighted by atomic mass is 16.3. The van der Waals surface area contributed by atoms with Gasteiger partial charge in [-0.05, 0) is 53.9 Å². The Balaban J connectivity index is 1.39. The number of hydrogen-bond donors (Lipinski definition) is 6. The fraction of sp³-hybridized carbons (Fsp3) is 0.280. The van der Waals surface area contributed by atoms with Crippen molar-refractivity contribution in [2.45, 2.75) is 25.2 Å². The summed E-state index contributed by atoms with van der Waals surface area (Å²) in [4.78, 5) is 0. The molecule has 0 aliphatic heterocycles. The van der Waals surface area contributed by atoms with Gasteiger partial charge in [-0.1, -0.05) is 48.5 Å². The van der Waals surface area contributed by atoms with Gasteiger partial charge < -0.3 is 31.1 Å². The Labute approximate surface area is 182 Å². The van der Waals surface area contributed by atoms with Gasteiger partial charge in [-0.15, -0.1) is 0 Å². The van der Waals surface area contributed by atoms with Gasteiger partial charge in [0.15, 0.2) is 0 Å². The maximum atomic E-state index is 10.3. The molecule has 31 heavy (non-hydrogen) atoms. The molecule has 0 radical (unpaired) electrons. The Morgan fingerprint density at radius 2 is 1.48 bits per heavy atom. The van der Waals surface area contributed by atoms with Gasteiger partial charge in [0.1, 0.15) is 5.75 Å². The summed E-state index contributed by atoms with van der Waals surface area (Å²) in [6.45, 7) is 1.27. The average molecular weight is 423 g/mol. The van der Waals surface area contributed by atoms with Crippen molar-refractivity contribution in [3.8, 4) is 5.75 Å². The number of aliphatic hydroxyl groups is 3. The molecule has 0 fully saturated rings. The van der Waals surface area contributed by atoms with E-state index in [1.807, 2.05) is 54.6 Å². The summed E-state index contributed by atoms with van der Waals surface area (Å²) in [5.41, 5.74) is 4.07. The van der Waals surface area contributed by atoms with Crippen molar-refractivity contribution in [1.82, 2.24) is 5.32 Å². The first kappa shape index (κ1) is 22.8. The molecule has 0 amide bonds. The van der Waals surface area contributed by atoms with Gasteiger partial charge >= 0.3 is 0 Å². The topological polar surface area (TPSA) is 105 Å². The minimum absolute atomic E-state index is 0.0268. The highest BCUT2D eigenvalue weighted by Crippen LogP contribution is 2.22. The third-order valence-corrected chi connectivity index (χ3v) is 5.22. The van der Waals surface area contributed by atoms with E-state index < -0.39 is 12.2 Å². The number of aromatic hydroxyl groups is 1. The Morgan fingerprint density at radius 1 is 0.774 bits per heavy atom. The maximum absolute atomic E-state index is 10.3. The molecule has 0 spiro atoms. The molecular formula is C25H30N2O4. The minimum atomic E-state index is -0.714. The first-order valence-electron chi connectivity index (χ1n) is 10.4. The lowest BCUT2D eigenvalue weighted by atomic mass is 10.1. The quantitative estimate of drug-likeness (QED) is 0.266. The van der Waals surface area contributed by atoms with Crippen LogP contribution in [-0.2, 0) is 13.0 Å². The van der Waals surface area contributed by atoms with Crippen LogP contribution in [0.15, 0.2) is 72.8 Å². The van der Waals surface area contributed by atoms with Gasteiger partial charge in [0.25, 0.3) is 0 Å². The first-order valence-corrected chi connectivity index (χ1v) is 10.4. The lowest BCUT2D eigenvalue weighted by molar-refractivity contribution is 0.174. The van der Waals surface area contributed by atoms with Crippen LogP contribution < -0.4 is 10.6 Å². The smallest absolute Gasteiger partial charge is 0.121 e. The van der Waals surface area contributed by atoms with Gasteiger partial charge in [-0.2, -0.15) is 0 Å². The minimum Gasteiger partial charge on any atom is -0.508 e. The van der Waals surface area contributed by atoms with Gasteiger partial charge in [-0.3, -0.25) is 0 Å². The lowest BCUT2D eigenvalue weighted by Crippen LogP contribution is -2.23. The number of hydrogen-bond acceptors (Lipinski definition) is 6. The van der Waals surface area contributed by atoms with Crippen LogP contribution in [0.1, 0.15) is 34.5 Å². The molecule has 0 aromatic heterocycles. The highest BCUT2D eigenvalue weighted by Gasteiger charge is 2.10. The number of benzene rings is 3. The van der Waals surface area contributed by atoms with Crippen LogP contribution in [0.4, 0.5) is 5.69 Å².